The Labute approximate surface area is 186 Å². The van der Waals surface area contributed by atoms with E-state index < -0.39 is 6.08 Å². The summed E-state index contributed by atoms with van der Waals surface area (Å²) in [7, 11) is 0. The van der Waals surface area contributed by atoms with Gasteiger partial charge in [-0.05, 0) is 77.5 Å². The molecule has 2 aromatic heterocycles. The number of aryl methyl sites for hydroxylation is 2. The van der Waals surface area contributed by atoms with Crippen molar-refractivity contribution in [3.8, 4) is 0 Å². The molecule has 5 rings (SSSR count). The third-order valence-electron chi connectivity index (χ3n) is 5.87. The molecule has 0 atom stereocenters. The number of nitrogens with two attached hydrogens (primary N) is 1. The maximum absolute atomic E-state index is 13.9. The summed E-state index contributed by atoms with van der Waals surface area (Å²) in [5, 5.41) is 2.96. The molecule has 0 unspecified atom stereocenters. The number of rotatable bonds is 6. The molecule has 0 bridgehead atoms. The quantitative estimate of drug-likeness (QED) is 0.385. The molecule has 1 fully saturated rings. The lowest BCUT2D eigenvalue weighted by Gasteiger charge is -2.12. The van der Waals surface area contributed by atoms with Crippen molar-refractivity contribution in [2.45, 2.75) is 45.1 Å². The Morgan fingerprint density at radius 2 is 2.00 bits per heavy atom. The van der Waals surface area contributed by atoms with Gasteiger partial charge in [-0.15, -0.1) is 0 Å². The van der Waals surface area contributed by atoms with Crippen molar-refractivity contribution in [3.05, 3.63) is 44.3 Å². The van der Waals surface area contributed by atoms with E-state index in [9.17, 15) is 9.18 Å². The van der Waals surface area contributed by atoms with Crippen molar-refractivity contribution in [2.24, 2.45) is 5.92 Å². The summed E-state index contributed by atoms with van der Waals surface area (Å²) >= 11 is 2.37. The monoisotopic (exact) mass is 520 g/mol. The van der Waals surface area contributed by atoms with Crippen LogP contribution in [0.3, 0.4) is 0 Å². The lowest BCUT2D eigenvalue weighted by molar-refractivity contribution is -0.122. The molecule has 2 aliphatic carbocycles. The molecular weight excluding hydrogens is 498 g/mol. The minimum Gasteiger partial charge on any atom is -0.382 e. The summed E-state index contributed by atoms with van der Waals surface area (Å²) in [5.41, 5.74) is 10.7. The van der Waals surface area contributed by atoms with E-state index in [1.54, 1.807) is 0 Å². The van der Waals surface area contributed by atoms with E-state index in [4.69, 9.17) is 5.73 Å². The molecule has 2 heterocycles. The van der Waals surface area contributed by atoms with Crippen LogP contribution in [0.1, 0.15) is 41.8 Å². The second-order valence-electron chi connectivity index (χ2n) is 8.04. The van der Waals surface area contributed by atoms with Crippen molar-refractivity contribution < 1.29 is 9.18 Å². The molecule has 1 amide bonds. The van der Waals surface area contributed by atoms with Crippen molar-refractivity contribution >= 4 is 45.5 Å². The number of imidazole rings is 1. The zero-order valence-electron chi connectivity index (χ0n) is 16.4. The first-order chi connectivity index (χ1) is 14.5. The fourth-order valence-electron chi connectivity index (χ4n) is 4.14. The normalized spacial score (nSPS) is 15.5. The SMILES string of the molecule is Nc1nc(F)nc2c1nc(Cc1cc3c(cc1I)CCC3)n2CCNC(=O)C1CC1. The highest BCUT2D eigenvalue weighted by Gasteiger charge is 2.29. The van der Waals surface area contributed by atoms with Crippen molar-refractivity contribution in [1.29, 1.82) is 0 Å². The highest BCUT2D eigenvalue weighted by Crippen LogP contribution is 2.30. The molecule has 0 radical (unpaired) electrons. The molecule has 3 N–H and O–H groups in total. The third-order valence-corrected chi connectivity index (χ3v) is 6.87. The van der Waals surface area contributed by atoms with Crippen LogP contribution in [0.15, 0.2) is 12.1 Å². The van der Waals surface area contributed by atoms with Gasteiger partial charge in [-0.25, -0.2) is 4.98 Å². The smallest absolute Gasteiger partial charge is 0.312 e. The van der Waals surface area contributed by atoms with Gasteiger partial charge in [-0.3, -0.25) is 4.79 Å². The zero-order chi connectivity index (χ0) is 20.8. The summed E-state index contributed by atoms with van der Waals surface area (Å²) in [6.07, 6.45) is 5.05. The molecule has 0 saturated heterocycles. The summed E-state index contributed by atoms with van der Waals surface area (Å²) in [5.74, 6) is 0.998. The van der Waals surface area contributed by atoms with E-state index in [1.165, 1.54) is 26.7 Å². The number of aromatic nitrogens is 4. The average molecular weight is 520 g/mol. The largest absolute Gasteiger partial charge is 0.382 e. The fourth-order valence-corrected chi connectivity index (χ4v) is 4.86. The van der Waals surface area contributed by atoms with Crippen LogP contribution in [-0.2, 0) is 30.6 Å². The number of hydrogen-bond acceptors (Lipinski definition) is 5. The second kappa shape index (κ2) is 7.75. The number of benzene rings is 1. The Kier molecular flexibility index (Phi) is 5.08. The van der Waals surface area contributed by atoms with E-state index in [0.29, 0.717) is 30.7 Å². The molecule has 3 aromatic rings. The first kappa shape index (κ1) is 19.7. The van der Waals surface area contributed by atoms with Crippen LogP contribution in [-0.4, -0.2) is 32.0 Å². The van der Waals surface area contributed by atoms with Gasteiger partial charge in [0.05, 0.1) is 0 Å². The minimum atomic E-state index is -0.873. The maximum atomic E-state index is 13.9. The van der Waals surface area contributed by atoms with Gasteiger partial charge in [-0.1, -0.05) is 6.07 Å². The van der Waals surface area contributed by atoms with Gasteiger partial charge >= 0.3 is 6.08 Å². The Hall–Kier alpha value is -2.30. The Bertz CT molecular complexity index is 1160. The van der Waals surface area contributed by atoms with Crippen LogP contribution in [0, 0.1) is 15.6 Å². The topological polar surface area (TPSA) is 98.7 Å². The van der Waals surface area contributed by atoms with Gasteiger partial charge in [0, 0.05) is 29.0 Å². The molecular formula is C21H22FIN6O. The first-order valence-corrected chi connectivity index (χ1v) is 11.3. The standard InChI is InChI=1S/C21H22FIN6O/c22-21-27-18(24)17-19(28-21)29(7-6-25-20(30)11-4-5-11)16(26-17)10-14-8-12-2-1-3-13(12)9-15(14)23/h8-9,11H,1-7,10H2,(H,25,30)(H2,24,27,28). The van der Waals surface area contributed by atoms with Crippen LogP contribution in [0.5, 0.6) is 0 Å². The summed E-state index contributed by atoms with van der Waals surface area (Å²) in [4.78, 5) is 24.2. The lowest BCUT2D eigenvalue weighted by Crippen LogP contribution is -2.29. The van der Waals surface area contributed by atoms with Gasteiger partial charge < -0.3 is 15.6 Å². The van der Waals surface area contributed by atoms with Gasteiger partial charge in [-0.2, -0.15) is 14.4 Å². The van der Waals surface area contributed by atoms with E-state index in [1.807, 2.05) is 4.57 Å². The van der Waals surface area contributed by atoms with Gasteiger partial charge in [0.2, 0.25) is 5.91 Å². The lowest BCUT2D eigenvalue weighted by atomic mass is 10.0. The van der Waals surface area contributed by atoms with Crippen LogP contribution in [0.25, 0.3) is 11.2 Å². The molecule has 156 valence electrons. The first-order valence-electron chi connectivity index (χ1n) is 10.3. The zero-order valence-corrected chi connectivity index (χ0v) is 18.6. The predicted molar refractivity (Wildman–Crippen MR) is 119 cm³/mol. The molecule has 0 spiro atoms. The number of anilines is 1. The summed E-state index contributed by atoms with van der Waals surface area (Å²) in [6.45, 7) is 0.877. The summed E-state index contributed by atoms with van der Waals surface area (Å²) in [6, 6.07) is 4.52. The van der Waals surface area contributed by atoms with Crippen molar-refractivity contribution in [1.82, 2.24) is 24.8 Å². The number of hydrogen-bond donors (Lipinski definition) is 2. The molecule has 1 saturated carbocycles. The second-order valence-corrected chi connectivity index (χ2v) is 9.20. The van der Waals surface area contributed by atoms with Gasteiger partial charge in [0.25, 0.3) is 0 Å². The number of fused-ring (bicyclic) bond motifs is 2. The van der Waals surface area contributed by atoms with E-state index in [-0.39, 0.29) is 17.6 Å². The molecule has 2 aliphatic rings. The van der Waals surface area contributed by atoms with E-state index in [2.05, 4.69) is 55.0 Å². The fraction of sp³-hybridized carbons (Fsp3) is 0.429. The van der Waals surface area contributed by atoms with E-state index in [0.717, 1.165) is 31.5 Å². The highest BCUT2D eigenvalue weighted by atomic mass is 127. The Balaban J connectivity index is 1.48. The highest BCUT2D eigenvalue weighted by molar-refractivity contribution is 14.1. The molecule has 7 nitrogen and oxygen atoms in total. The maximum Gasteiger partial charge on any atom is 0.312 e. The predicted octanol–water partition coefficient (Wildman–Crippen LogP) is 2.76. The third kappa shape index (κ3) is 3.75. The number of carbonyl (C=O) groups is 1. The number of nitrogens with one attached hydrogen (secondary N) is 1. The Morgan fingerprint density at radius 1 is 1.23 bits per heavy atom. The molecule has 30 heavy (non-hydrogen) atoms. The van der Waals surface area contributed by atoms with Gasteiger partial charge in [0.1, 0.15) is 5.82 Å². The van der Waals surface area contributed by atoms with Crippen LogP contribution in [0.4, 0.5) is 10.2 Å². The number of nitrogens with zero attached hydrogens (tertiary/aromatic N) is 4. The minimum absolute atomic E-state index is 0.0307. The average Bonchev–Trinajstić information content (AvgIpc) is 3.37. The van der Waals surface area contributed by atoms with E-state index >= 15 is 0 Å². The number of halogens is 2. The number of carbonyl (C=O) groups excluding carboxylic acids is 1. The number of nitrogen functional groups attached to an aromatic ring is 1. The van der Waals surface area contributed by atoms with Crippen LogP contribution >= 0.6 is 22.6 Å². The molecule has 1 aromatic carbocycles. The Morgan fingerprint density at radius 3 is 2.77 bits per heavy atom. The van der Waals surface area contributed by atoms with Crippen LogP contribution < -0.4 is 11.1 Å². The van der Waals surface area contributed by atoms with Crippen molar-refractivity contribution in [3.63, 3.8) is 0 Å². The van der Waals surface area contributed by atoms with Crippen LogP contribution in [0.2, 0.25) is 0 Å². The van der Waals surface area contributed by atoms with Gasteiger partial charge in [0.15, 0.2) is 17.0 Å². The summed E-state index contributed by atoms with van der Waals surface area (Å²) < 4.78 is 16.9. The molecule has 0 aliphatic heterocycles. The number of amides is 1. The van der Waals surface area contributed by atoms with Crippen molar-refractivity contribution in [2.75, 3.05) is 12.3 Å². The molecule has 9 heteroatoms.